The van der Waals surface area contributed by atoms with Crippen molar-refractivity contribution in [2.75, 3.05) is 0 Å². The topological polar surface area (TPSA) is 45.9 Å². The van der Waals surface area contributed by atoms with Crippen molar-refractivity contribution >= 4 is 23.4 Å². The molecule has 3 nitrogen and oxygen atoms in total. The van der Waals surface area contributed by atoms with Gasteiger partial charge in [-0.3, -0.25) is 0 Å². The fraction of sp³-hybridized carbons (Fsp3) is 0.0909. The van der Waals surface area contributed by atoms with Gasteiger partial charge in [0.15, 0.2) is 0 Å². The zero-order valence-corrected chi connectivity index (χ0v) is 17.0. The van der Waals surface area contributed by atoms with Gasteiger partial charge >= 0.3 is 6.36 Å². The molecule has 0 radical (unpaired) electrons. The fourth-order valence-electron chi connectivity index (χ4n) is 2.58. The number of alkyl halides is 3. The van der Waals surface area contributed by atoms with E-state index in [1.54, 1.807) is 18.2 Å². The number of rotatable bonds is 3. The maximum Gasteiger partial charge on any atom is 0.573 e. The highest BCUT2D eigenvalue weighted by molar-refractivity contribution is 8.03. The first-order valence-corrected chi connectivity index (χ1v) is 9.65. The van der Waals surface area contributed by atoms with Crippen molar-refractivity contribution in [3.8, 4) is 34.1 Å². The number of aromatic nitrogens is 1. The van der Waals surface area contributed by atoms with E-state index in [9.17, 15) is 13.2 Å². The van der Waals surface area contributed by atoms with Crippen molar-refractivity contribution in [1.29, 1.82) is 5.26 Å². The van der Waals surface area contributed by atoms with E-state index in [1.807, 2.05) is 30.5 Å². The average Bonchev–Trinajstić information content (AvgIpc) is 2.68. The van der Waals surface area contributed by atoms with Crippen molar-refractivity contribution in [3.63, 3.8) is 0 Å². The van der Waals surface area contributed by atoms with Gasteiger partial charge in [-0.2, -0.15) is 5.26 Å². The standard InChI is InChI=1S/C22H12ClF3N2OS/c1-14-10-17(16-4-7-18(8-5-16)29-22(24,25)26)3-2-15(14)6-9-21-20(23)11-19(12-28-21)30-13-27/h2-5,7-8,10-12H,1H3. The quantitative estimate of drug-likeness (QED) is 0.260. The van der Waals surface area contributed by atoms with Crippen molar-refractivity contribution in [1.82, 2.24) is 4.98 Å². The Kier molecular flexibility index (Phi) is 6.56. The molecule has 0 aliphatic rings. The Morgan fingerprint density at radius 3 is 2.33 bits per heavy atom. The second-order valence-electron chi connectivity index (χ2n) is 6.05. The van der Waals surface area contributed by atoms with E-state index in [0.717, 1.165) is 34.0 Å². The van der Waals surface area contributed by atoms with E-state index in [0.29, 0.717) is 15.6 Å². The Morgan fingerprint density at radius 1 is 1.03 bits per heavy atom. The van der Waals surface area contributed by atoms with Crippen LogP contribution in [-0.2, 0) is 0 Å². The summed E-state index contributed by atoms with van der Waals surface area (Å²) in [6.07, 6.45) is -3.18. The molecule has 0 spiro atoms. The van der Waals surface area contributed by atoms with Gasteiger partial charge in [-0.05, 0) is 65.6 Å². The molecule has 8 heteroatoms. The number of nitrogens with zero attached hydrogens (tertiary/aromatic N) is 2. The predicted octanol–water partition coefficient (Wildman–Crippen LogP) is 6.58. The van der Waals surface area contributed by atoms with Crippen molar-refractivity contribution in [2.24, 2.45) is 0 Å². The van der Waals surface area contributed by atoms with Crippen LogP contribution in [0.15, 0.2) is 59.6 Å². The summed E-state index contributed by atoms with van der Waals surface area (Å²) in [6, 6.07) is 12.9. The third-order valence-electron chi connectivity index (χ3n) is 3.94. The number of nitriles is 1. The zero-order valence-electron chi connectivity index (χ0n) is 15.4. The average molecular weight is 445 g/mol. The highest BCUT2D eigenvalue weighted by atomic mass is 35.5. The molecule has 30 heavy (non-hydrogen) atoms. The number of thioether (sulfide) groups is 1. The second kappa shape index (κ2) is 9.13. The lowest BCUT2D eigenvalue weighted by molar-refractivity contribution is -0.274. The maximum atomic E-state index is 12.3. The summed E-state index contributed by atoms with van der Waals surface area (Å²) in [7, 11) is 0. The molecule has 0 fully saturated rings. The summed E-state index contributed by atoms with van der Waals surface area (Å²) < 4.78 is 40.7. The molecule has 0 saturated heterocycles. The minimum Gasteiger partial charge on any atom is -0.406 e. The lowest BCUT2D eigenvalue weighted by Crippen LogP contribution is -2.16. The summed E-state index contributed by atoms with van der Waals surface area (Å²) in [5.74, 6) is 5.67. The smallest absolute Gasteiger partial charge is 0.406 e. The first-order valence-electron chi connectivity index (χ1n) is 8.45. The van der Waals surface area contributed by atoms with E-state index in [2.05, 4.69) is 21.6 Å². The lowest BCUT2D eigenvalue weighted by Gasteiger charge is -2.10. The molecule has 0 bridgehead atoms. The number of hydrogen-bond donors (Lipinski definition) is 0. The Labute approximate surface area is 180 Å². The monoisotopic (exact) mass is 444 g/mol. The molecule has 3 rings (SSSR count). The van der Waals surface area contributed by atoms with Gasteiger partial charge in [0.2, 0.25) is 0 Å². The third kappa shape index (κ3) is 5.70. The summed E-state index contributed by atoms with van der Waals surface area (Å²) in [5, 5.41) is 11.0. The zero-order chi connectivity index (χ0) is 21.7. The number of halogens is 4. The van der Waals surface area contributed by atoms with Crippen LogP contribution < -0.4 is 4.74 Å². The second-order valence-corrected chi connectivity index (χ2v) is 7.31. The number of pyridine rings is 1. The highest BCUT2D eigenvalue weighted by Crippen LogP contribution is 2.28. The van der Waals surface area contributed by atoms with E-state index in [1.165, 1.54) is 18.3 Å². The van der Waals surface area contributed by atoms with Gasteiger partial charge in [-0.25, -0.2) is 4.98 Å². The van der Waals surface area contributed by atoms with E-state index >= 15 is 0 Å². The van der Waals surface area contributed by atoms with Crippen LogP contribution in [0.5, 0.6) is 5.75 Å². The Bertz CT molecular complexity index is 1180. The molecule has 2 aromatic carbocycles. The fourth-order valence-corrected chi connectivity index (χ4v) is 3.25. The van der Waals surface area contributed by atoms with Crippen LogP contribution in [0.25, 0.3) is 11.1 Å². The van der Waals surface area contributed by atoms with E-state index in [-0.39, 0.29) is 5.75 Å². The van der Waals surface area contributed by atoms with Crippen LogP contribution in [0.1, 0.15) is 16.8 Å². The molecule has 1 heterocycles. The van der Waals surface area contributed by atoms with Crippen molar-refractivity contribution in [2.45, 2.75) is 18.2 Å². The van der Waals surface area contributed by atoms with Crippen LogP contribution in [0.4, 0.5) is 13.2 Å². The van der Waals surface area contributed by atoms with Gasteiger partial charge in [0.1, 0.15) is 16.8 Å². The number of ether oxygens (including phenoxy) is 1. The minimum absolute atomic E-state index is 0.269. The van der Waals surface area contributed by atoms with Gasteiger partial charge in [-0.1, -0.05) is 41.8 Å². The van der Waals surface area contributed by atoms with Gasteiger partial charge in [-0.15, -0.1) is 13.2 Å². The Balaban J connectivity index is 1.80. The van der Waals surface area contributed by atoms with Gasteiger partial charge in [0.05, 0.1) is 5.02 Å². The molecule has 0 atom stereocenters. The number of benzene rings is 2. The van der Waals surface area contributed by atoms with E-state index < -0.39 is 6.36 Å². The molecular formula is C22H12ClF3N2OS. The molecule has 0 amide bonds. The molecule has 0 N–H and O–H groups in total. The van der Waals surface area contributed by atoms with Gasteiger partial charge in [0, 0.05) is 16.7 Å². The highest BCUT2D eigenvalue weighted by Gasteiger charge is 2.30. The normalized spacial score (nSPS) is 10.7. The summed E-state index contributed by atoms with van der Waals surface area (Å²) in [4.78, 5) is 4.81. The molecule has 1 aromatic heterocycles. The SMILES string of the molecule is Cc1cc(-c2ccc(OC(F)(F)F)cc2)ccc1C#Cc1ncc(SC#N)cc1Cl. The van der Waals surface area contributed by atoms with Gasteiger partial charge < -0.3 is 4.74 Å². The van der Waals surface area contributed by atoms with Crippen LogP contribution in [0, 0.1) is 29.4 Å². The van der Waals surface area contributed by atoms with E-state index in [4.69, 9.17) is 16.9 Å². The lowest BCUT2D eigenvalue weighted by atomic mass is 10.00. The predicted molar refractivity (Wildman–Crippen MR) is 110 cm³/mol. The number of hydrogen-bond acceptors (Lipinski definition) is 4. The molecule has 0 unspecified atom stereocenters. The van der Waals surface area contributed by atoms with Crippen LogP contribution in [0.2, 0.25) is 5.02 Å². The number of aryl methyl sites for hydroxylation is 1. The molecule has 150 valence electrons. The summed E-state index contributed by atoms with van der Waals surface area (Å²) in [5.41, 5.74) is 3.66. The molecule has 0 aliphatic carbocycles. The summed E-state index contributed by atoms with van der Waals surface area (Å²) in [6.45, 7) is 1.89. The van der Waals surface area contributed by atoms with Gasteiger partial charge in [0.25, 0.3) is 0 Å². The van der Waals surface area contributed by atoms with Crippen molar-refractivity contribution < 1.29 is 17.9 Å². The molecule has 0 aliphatic heterocycles. The Hall–Kier alpha value is -3.13. The first-order chi connectivity index (χ1) is 14.2. The maximum absolute atomic E-state index is 12.3. The van der Waals surface area contributed by atoms with Crippen LogP contribution in [0.3, 0.4) is 0 Å². The molecular weight excluding hydrogens is 433 g/mol. The molecule has 0 saturated carbocycles. The van der Waals surface area contributed by atoms with Crippen LogP contribution in [-0.4, -0.2) is 11.3 Å². The first kappa shape index (κ1) is 21.6. The third-order valence-corrected chi connectivity index (χ3v) is 4.78. The summed E-state index contributed by atoms with van der Waals surface area (Å²) >= 11 is 7.13. The van der Waals surface area contributed by atoms with Crippen molar-refractivity contribution in [3.05, 3.63) is 76.6 Å². The Morgan fingerprint density at radius 2 is 1.73 bits per heavy atom. The van der Waals surface area contributed by atoms with Crippen LogP contribution >= 0.6 is 23.4 Å². The number of thiocyanates is 1. The largest absolute Gasteiger partial charge is 0.573 e. The molecule has 3 aromatic rings. The minimum atomic E-state index is -4.72.